The molecule has 0 aliphatic rings. The van der Waals surface area contributed by atoms with E-state index in [4.69, 9.17) is 0 Å². The molecular formula is C12H14N6S2. The van der Waals surface area contributed by atoms with Crippen LogP contribution >= 0.6 is 23.1 Å². The molecule has 0 unspecified atom stereocenters. The Balaban J connectivity index is 2.02. The molecule has 0 aliphatic heterocycles. The molecule has 0 saturated carbocycles. The minimum absolute atomic E-state index is 0.221. The molecule has 0 spiro atoms. The van der Waals surface area contributed by atoms with Crippen molar-refractivity contribution < 1.29 is 0 Å². The third-order valence-corrected chi connectivity index (χ3v) is 4.99. The van der Waals surface area contributed by atoms with Gasteiger partial charge in [0.15, 0.2) is 0 Å². The van der Waals surface area contributed by atoms with E-state index in [0.29, 0.717) is 0 Å². The van der Waals surface area contributed by atoms with Gasteiger partial charge in [-0.05, 0) is 48.5 Å². The second kappa shape index (κ2) is 5.45. The number of aromatic nitrogens is 6. The van der Waals surface area contributed by atoms with Gasteiger partial charge >= 0.3 is 0 Å². The van der Waals surface area contributed by atoms with E-state index in [0.717, 1.165) is 26.8 Å². The third kappa shape index (κ3) is 2.40. The first kappa shape index (κ1) is 13.4. The van der Waals surface area contributed by atoms with Crippen LogP contribution in [0.25, 0.3) is 10.2 Å². The zero-order valence-electron chi connectivity index (χ0n) is 11.4. The first-order valence-electron chi connectivity index (χ1n) is 6.38. The monoisotopic (exact) mass is 306 g/mol. The fourth-order valence-corrected chi connectivity index (χ4v) is 3.76. The smallest absolute Gasteiger partial charge is 0.215 e. The maximum atomic E-state index is 4.38. The molecule has 0 aliphatic carbocycles. The number of thiophene rings is 1. The van der Waals surface area contributed by atoms with Crippen molar-refractivity contribution in [3.05, 3.63) is 17.3 Å². The van der Waals surface area contributed by atoms with Crippen LogP contribution in [0.4, 0.5) is 0 Å². The molecule has 0 fully saturated rings. The van der Waals surface area contributed by atoms with Gasteiger partial charge in [-0.15, -0.1) is 16.4 Å². The Morgan fingerprint density at radius 2 is 2.20 bits per heavy atom. The number of nitrogens with zero attached hydrogens (tertiary/aromatic N) is 6. The van der Waals surface area contributed by atoms with Gasteiger partial charge in [-0.1, -0.05) is 6.92 Å². The molecule has 0 atom stereocenters. The van der Waals surface area contributed by atoms with Crippen LogP contribution in [-0.4, -0.2) is 30.2 Å². The predicted octanol–water partition coefficient (Wildman–Crippen LogP) is 2.97. The lowest BCUT2D eigenvalue weighted by Crippen LogP contribution is -2.04. The zero-order valence-corrected chi connectivity index (χ0v) is 13.1. The van der Waals surface area contributed by atoms with E-state index >= 15 is 0 Å². The van der Waals surface area contributed by atoms with Crippen molar-refractivity contribution >= 4 is 33.3 Å². The van der Waals surface area contributed by atoms with Crippen LogP contribution in [-0.2, 0) is 6.42 Å². The van der Waals surface area contributed by atoms with E-state index in [-0.39, 0.29) is 6.04 Å². The molecule has 3 rings (SSSR count). The average Bonchev–Trinajstić information content (AvgIpc) is 3.04. The summed E-state index contributed by atoms with van der Waals surface area (Å²) in [5, 5.41) is 14.6. The molecule has 20 heavy (non-hydrogen) atoms. The Kier molecular flexibility index (Phi) is 3.66. The van der Waals surface area contributed by atoms with Crippen molar-refractivity contribution in [2.45, 2.75) is 43.4 Å². The lowest BCUT2D eigenvalue weighted by molar-refractivity contribution is 0.477. The highest BCUT2D eigenvalue weighted by Gasteiger charge is 2.15. The van der Waals surface area contributed by atoms with E-state index in [1.807, 2.05) is 0 Å². The van der Waals surface area contributed by atoms with E-state index < -0.39 is 0 Å². The molecule has 0 N–H and O–H groups in total. The summed E-state index contributed by atoms with van der Waals surface area (Å²) in [6, 6.07) is 2.38. The molecule has 0 bridgehead atoms. The van der Waals surface area contributed by atoms with E-state index in [1.165, 1.54) is 16.6 Å². The Labute approximate surface area is 124 Å². The number of tetrazole rings is 1. The maximum Gasteiger partial charge on any atom is 0.215 e. The van der Waals surface area contributed by atoms with Crippen LogP contribution in [0.3, 0.4) is 0 Å². The van der Waals surface area contributed by atoms with Crippen molar-refractivity contribution in [3.63, 3.8) is 0 Å². The molecular weight excluding hydrogens is 292 g/mol. The summed E-state index contributed by atoms with van der Waals surface area (Å²) in [4.78, 5) is 11.0. The normalized spacial score (nSPS) is 11.6. The lowest BCUT2D eigenvalue weighted by Gasteiger charge is -2.06. The highest BCUT2D eigenvalue weighted by Crippen LogP contribution is 2.34. The summed E-state index contributed by atoms with van der Waals surface area (Å²) < 4.78 is 1.80. The van der Waals surface area contributed by atoms with Crippen molar-refractivity contribution in [2.75, 3.05) is 0 Å². The van der Waals surface area contributed by atoms with Crippen LogP contribution in [0.15, 0.2) is 22.6 Å². The van der Waals surface area contributed by atoms with Crippen LogP contribution < -0.4 is 0 Å². The molecule has 6 nitrogen and oxygen atoms in total. The largest absolute Gasteiger partial charge is 0.229 e. The summed E-state index contributed by atoms with van der Waals surface area (Å²) in [5.74, 6) is 0. The van der Waals surface area contributed by atoms with Crippen LogP contribution in [0.2, 0.25) is 0 Å². The summed E-state index contributed by atoms with van der Waals surface area (Å²) >= 11 is 3.20. The molecule has 0 radical (unpaired) electrons. The third-order valence-electron chi connectivity index (χ3n) is 2.83. The summed E-state index contributed by atoms with van der Waals surface area (Å²) in [6.07, 6.45) is 2.61. The lowest BCUT2D eigenvalue weighted by atomic mass is 10.3. The molecule has 104 valence electrons. The van der Waals surface area contributed by atoms with Gasteiger partial charge in [0.1, 0.15) is 16.2 Å². The summed E-state index contributed by atoms with van der Waals surface area (Å²) in [6.45, 7) is 6.25. The molecule has 0 aromatic carbocycles. The second-order valence-electron chi connectivity index (χ2n) is 4.57. The van der Waals surface area contributed by atoms with Gasteiger partial charge in [0.05, 0.1) is 6.04 Å². The molecule has 8 heteroatoms. The standard InChI is InChI=1S/C12H14N6S2/c1-4-8-5-9-10(19-8)13-6-14-11(9)20-12-15-16-17-18(12)7(2)3/h5-7H,4H2,1-3H3. The number of hydrogen-bond donors (Lipinski definition) is 0. The Morgan fingerprint density at radius 3 is 2.95 bits per heavy atom. The van der Waals surface area contributed by atoms with Gasteiger partial charge in [-0.3, -0.25) is 0 Å². The molecule has 3 heterocycles. The zero-order chi connectivity index (χ0) is 14.1. The van der Waals surface area contributed by atoms with Gasteiger partial charge in [-0.25, -0.2) is 14.6 Å². The summed E-state index contributed by atoms with van der Waals surface area (Å²) in [7, 11) is 0. The Morgan fingerprint density at radius 1 is 1.35 bits per heavy atom. The molecule has 0 saturated heterocycles. The van der Waals surface area contributed by atoms with E-state index in [2.05, 4.69) is 52.3 Å². The topological polar surface area (TPSA) is 69.4 Å². The molecule has 3 aromatic rings. The summed E-state index contributed by atoms with van der Waals surface area (Å²) in [5.41, 5.74) is 0. The van der Waals surface area contributed by atoms with Gasteiger partial charge in [0.25, 0.3) is 0 Å². The Bertz CT molecular complexity index is 732. The first-order valence-corrected chi connectivity index (χ1v) is 8.01. The second-order valence-corrected chi connectivity index (χ2v) is 6.64. The van der Waals surface area contributed by atoms with Gasteiger partial charge in [0.2, 0.25) is 5.16 Å². The van der Waals surface area contributed by atoms with Crippen molar-refractivity contribution in [2.24, 2.45) is 0 Å². The van der Waals surface area contributed by atoms with Crippen LogP contribution in [0.5, 0.6) is 0 Å². The van der Waals surface area contributed by atoms with E-state index in [1.54, 1.807) is 22.3 Å². The number of hydrogen-bond acceptors (Lipinski definition) is 7. The van der Waals surface area contributed by atoms with Crippen LogP contribution in [0.1, 0.15) is 31.7 Å². The van der Waals surface area contributed by atoms with E-state index in [9.17, 15) is 0 Å². The number of fused-ring (bicyclic) bond motifs is 1. The van der Waals surface area contributed by atoms with Gasteiger partial charge < -0.3 is 0 Å². The molecule has 3 aromatic heterocycles. The van der Waals surface area contributed by atoms with Crippen molar-refractivity contribution in [3.8, 4) is 0 Å². The quantitative estimate of drug-likeness (QED) is 0.690. The maximum absolute atomic E-state index is 4.38. The van der Waals surface area contributed by atoms with Crippen molar-refractivity contribution in [1.29, 1.82) is 0 Å². The number of rotatable bonds is 4. The Hall–Kier alpha value is -1.54. The SMILES string of the molecule is CCc1cc2c(Sc3nnnn3C(C)C)ncnc2s1. The predicted molar refractivity (Wildman–Crippen MR) is 79.1 cm³/mol. The fourth-order valence-electron chi connectivity index (χ4n) is 1.80. The van der Waals surface area contributed by atoms with Gasteiger partial charge in [-0.2, -0.15) is 0 Å². The highest BCUT2D eigenvalue weighted by molar-refractivity contribution is 7.99. The number of aryl methyl sites for hydroxylation is 1. The van der Waals surface area contributed by atoms with Crippen molar-refractivity contribution in [1.82, 2.24) is 30.2 Å². The first-order chi connectivity index (χ1) is 9.69. The minimum Gasteiger partial charge on any atom is -0.229 e. The fraction of sp³-hybridized carbons (Fsp3) is 0.417. The van der Waals surface area contributed by atoms with Gasteiger partial charge in [0, 0.05) is 10.3 Å². The molecule has 0 amide bonds. The minimum atomic E-state index is 0.221. The van der Waals surface area contributed by atoms with Crippen LogP contribution in [0, 0.1) is 0 Å². The highest BCUT2D eigenvalue weighted by atomic mass is 32.2. The average molecular weight is 306 g/mol.